The molecule has 2 rings (SSSR count). The average Bonchev–Trinajstić information content (AvgIpc) is 2.32. The standard InChI is InChI=1S/C11H8O6/c1-17-4-2-5-7(6(12)3-4)9(14)11(16)10(15)8(5)13/h2-3,12,15-16H,1H3. The van der Waals surface area contributed by atoms with Crippen LogP contribution in [0, 0.1) is 0 Å². The minimum absolute atomic E-state index is 0.164. The van der Waals surface area contributed by atoms with Gasteiger partial charge < -0.3 is 20.1 Å². The van der Waals surface area contributed by atoms with Crippen molar-refractivity contribution in [2.45, 2.75) is 0 Å². The summed E-state index contributed by atoms with van der Waals surface area (Å²) in [5.41, 5.74) is -0.548. The largest absolute Gasteiger partial charge is 0.507 e. The van der Waals surface area contributed by atoms with Gasteiger partial charge in [-0.15, -0.1) is 0 Å². The molecule has 0 heterocycles. The predicted molar refractivity (Wildman–Crippen MR) is 55.6 cm³/mol. The number of allylic oxidation sites excluding steroid dienone is 2. The zero-order chi connectivity index (χ0) is 12.7. The zero-order valence-electron chi connectivity index (χ0n) is 8.72. The topological polar surface area (TPSA) is 104 Å². The molecule has 1 aromatic rings. The van der Waals surface area contributed by atoms with Crippen LogP contribution < -0.4 is 4.74 Å². The van der Waals surface area contributed by atoms with Crippen LogP contribution in [0.25, 0.3) is 0 Å². The van der Waals surface area contributed by atoms with Gasteiger partial charge >= 0.3 is 0 Å². The lowest BCUT2D eigenvalue weighted by Crippen LogP contribution is -2.22. The van der Waals surface area contributed by atoms with Gasteiger partial charge in [-0.2, -0.15) is 0 Å². The number of carbonyl (C=O) groups excluding carboxylic acids is 2. The fourth-order valence-electron chi connectivity index (χ4n) is 1.60. The van der Waals surface area contributed by atoms with Gasteiger partial charge in [0.2, 0.25) is 23.1 Å². The first-order valence-electron chi connectivity index (χ1n) is 4.60. The number of ketones is 2. The van der Waals surface area contributed by atoms with Crippen LogP contribution in [0.4, 0.5) is 0 Å². The first-order chi connectivity index (χ1) is 7.97. The van der Waals surface area contributed by atoms with Crippen LogP contribution in [0.2, 0.25) is 0 Å². The Morgan fingerprint density at radius 2 is 1.59 bits per heavy atom. The minimum Gasteiger partial charge on any atom is -0.507 e. The lowest BCUT2D eigenvalue weighted by atomic mass is 9.91. The van der Waals surface area contributed by atoms with Crippen LogP contribution in [0.5, 0.6) is 11.5 Å². The highest BCUT2D eigenvalue weighted by Crippen LogP contribution is 2.34. The summed E-state index contributed by atoms with van der Waals surface area (Å²) < 4.78 is 4.82. The van der Waals surface area contributed by atoms with E-state index in [1.807, 2.05) is 0 Å². The first kappa shape index (κ1) is 11.0. The molecule has 1 aliphatic rings. The SMILES string of the molecule is COc1cc(O)c2c(c1)C(=O)C(O)=C(O)C2=O. The van der Waals surface area contributed by atoms with E-state index in [1.165, 1.54) is 13.2 Å². The van der Waals surface area contributed by atoms with Crippen LogP contribution >= 0.6 is 0 Å². The predicted octanol–water partition coefficient (Wildman–Crippen LogP) is 1.11. The number of benzene rings is 1. The van der Waals surface area contributed by atoms with E-state index in [0.717, 1.165) is 6.07 Å². The smallest absolute Gasteiger partial charge is 0.235 e. The number of rotatable bonds is 1. The lowest BCUT2D eigenvalue weighted by Gasteiger charge is -2.16. The van der Waals surface area contributed by atoms with Crippen molar-refractivity contribution in [3.63, 3.8) is 0 Å². The van der Waals surface area contributed by atoms with Gasteiger partial charge in [0.15, 0.2) is 0 Å². The van der Waals surface area contributed by atoms with Crippen molar-refractivity contribution in [3.8, 4) is 11.5 Å². The fourth-order valence-corrected chi connectivity index (χ4v) is 1.60. The number of fused-ring (bicyclic) bond motifs is 1. The molecular formula is C11H8O6. The molecule has 1 aromatic carbocycles. The number of phenols is 1. The molecule has 3 N–H and O–H groups in total. The Morgan fingerprint density at radius 3 is 2.18 bits per heavy atom. The Hall–Kier alpha value is -2.50. The molecule has 0 radical (unpaired) electrons. The van der Waals surface area contributed by atoms with Gasteiger partial charge in [0.1, 0.15) is 11.5 Å². The Kier molecular flexibility index (Phi) is 2.27. The molecule has 0 bridgehead atoms. The van der Waals surface area contributed by atoms with Crippen LogP contribution in [-0.4, -0.2) is 34.0 Å². The molecule has 0 fully saturated rings. The maximum absolute atomic E-state index is 11.6. The molecule has 0 aromatic heterocycles. The first-order valence-corrected chi connectivity index (χ1v) is 4.60. The number of aliphatic hydroxyl groups is 2. The number of ether oxygens (including phenoxy) is 1. The fraction of sp³-hybridized carbons (Fsp3) is 0.0909. The number of aromatic hydroxyl groups is 1. The van der Waals surface area contributed by atoms with E-state index in [2.05, 4.69) is 0 Å². The normalized spacial score (nSPS) is 14.9. The summed E-state index contributed by atoms with van der Waals surface area (Å²) in [7, 11) is 1.32. The lowest BCUT2D eigenvalue weighted by molar-refractivity contribution is 0.0878. The second kappa shape index (κ2) is 3.51. The van der Waals surface area contributed by atoms with Crippen LogP contribution in [0.3, 0.4) is 0 Å². The van der Waals surface area contributed by atoms with E-state index in [1.54, 1.807) is 0 Å². The van der Waals surface area contributed by atoms with E-state index in [9.17, 15) is 24.9 Å². The van der Waals surface area contributed by atoms with E-state index in [0.29, 0.717) is 0 Å². The van der Waals surface area contributed by atoms with Gasteiger partial charge in [-0.05, 0) is 6.07 Å². The molecule has 0 spiro atoms. The van der Waals surface area contributed by atoms with Crippen LogP contribution in [0.1, 0.15) is 20.7 Å². The van der Waals surface area contributed by atoms with Crippen molar-refractivity contribution >= 4 is 11.6 Å². The molecule has 6 nitrogen and oxygen atoms in total. The Balaban J connectivity index is 2.76. The maximum Gasteiger partial charge on any atom is 0.235 e. The van der Waals surface area contributed by atoms with E-state index in [4.69, 9.17) is 4.74 Å². The van der Waals surface area contributed by atoms with Gasteiger partial charge in [0.25, 0.3) is 0 Å². The highest BCUT2D eigenvalue weighted by atomic mass is 16.5. The van der Waals surface area contributed by atoms with Crippen molar-refractivity contribution in [2.75, 3.05) is 7.11 Å². The summed E-state index contributed by atoms with van der Waals surface area (Å²) in [6.07, 6.45) is 0. The van der Waals surface area contributed by atoms with Crippen molar-refractivity contribution in [1.82, 2.24) is 0 Å². The average molecular weight is 236 g/mol. The minimum atomic E-state index is -1.07. The summed E-state index contributed by atoms with van der Waals surface area (Å²) in [5.74, 6) is -4.37. The Labute approximate surface area is 95.4 Å². The van der Waals surface area contributed by atoms with Crippen LogP contribution in [0.15, 0.2) is 23.7 Å². The second-order valence-electron chi connectivity index (χ2n) is 3.42. The van der Waals surface area contributed by atoms with Crippen molar-refractivity contribution < 1.29 is 29.6 Å². The number of phenolic OH excluding ortho intramolecular Hbond substituents is 1. The highest BCUT2D eigenvalue weighted by Gasteiger charge is 2.35. The monoisotopic (exact) mass is 236 g/mol. The Bertz CT molecular complexity index is 570. The second-order valence-corrected chi connectivity index (χ2v) is 3.42. The Morgan fingerprint density at radius 1 is 1.00 bits per heavy atom. The third-order valence-electron chi connectivity index (χ3n) is 2.45. The van der Waals surface area contributed by atoms with E-state index in [-0.39, 0.29) is 16.9 Å². The van der Waals surface area contributed by atoms with Crippen LogP contribution in [-0.2, 0) is 0 Å². The van der Waals surface area contributed by atoms with Gasteiger partial charge in [-0.3, -0.25) is 9.59 Å². The molecule has 17 heavy (non-hydrogen) atoms. The summed E-state index contributed by atoms with van der Waals surface area (Å²) >= 11 is 0. The summed E-state index contributed by atoms with van der Waals surface area (Å²) in [4.78, 5) is 23.2. The third-order valence-corrected chi connectivity index (χ3v) is 2.45. The molecule has 1 aliphatic carbocycles. The number of Topliss-reactive ketones (excluding diaryl/α,β-unsaturated/α-hetero) is 2. The quantitative estimate of drug-likeness (QED) is 0.674. The molecule has 0 aliphatic heterocycles. The van der Waals surface area contributed by atoms with E-state index < -0.39 is 28.8 Å². The molecule has 0 amide bonds. The number of hydrogen-bond donors (Lipinski definition) is 3. The molecule has 0 saturated carbocycles. The molecule has 6 heteroatoms. The number of hydrogen-bond acceptors (Lipinski definition) is 6. The summed E-state index contributed by atoms with van der Waals surface area (Å²) in [6, 6.07) is 2.34. The molecule has 0 atom stereocenters. The van der Waals surface area contributed by atoms with Crippen molar-refractivity contribution in [3.05, 3.63) is 34.8 Å². The summed E-state index contributed by atoms with van der Waals surface area (Å²) in [5, 5.41) is 28.1. The number of aliphatic hydroxyl groups excluding tert-OH is 2. The third kappa shape index (κ3) is 1.42. The number of methoxy groups -OCH3 is 1. The van der Waals surface area contributed by atoms with Gasteiger partial charge in [-0.25, -0.2) is 0 Å². The van der Waals surface area contributed by atoms with Gasteiger partial charge in [0.05, 0.1) is 12.7 Å². The highest BCUT2D eigenvalue weighted by molar-refractivity contribution is 6.26. The maximum atomic E-state index is 11.6. The van der Waals surface area contributed by atoms with Crippen molar-refractivity contribution in [2.24, 2.45) is 0 Å². The van der Waals surface area contributed by atoms with Gasteiger partial charge in [0, 0.05) is 11.6 Å². The number of carbonyl (C=O) groups is 2. The van der Waals surface area contributed by atoms with E-state index >= 15 is 0 Å². The molecule has 0 saturated heterocycles. The van der Waals surface area contributed by atoms with Crippen molar-refractivity contribution in [1.29, 1.82) is 0 Å². The molecule has 88 valence electrons. The molecular weight excluding hydrogens is 228 g/mol. The molecule has 0 unspecified atom stereocenters. The van der Waals surface area contributed by atoms with Gasteiger partial charge in [-0.1, -0.05) is 0 Å². The summed E-state index contributed by atoms with van der Waals surface area (Å²) in [6.45, 7) is 0. The zero-order valence-corrected chi connectivity index (χ0v) is 8.72.